The van der Waals surface area contributed by atoms with E-state index in [1.807, 2.05) is 36.4 Å². The molecule has 23 heavy (non-hydrogen) atoms. The lowest BCUT2D eigenvalue weighted by Gasteiger charge is -2.02. The first-order valence-electron chi connectivity index (χ1n) is 7.26. The van der Waals surface area contributed by atoms with Gasteiger partial charge < -0.3 is 4.74 Å². The molecule has 0 fully saturated rings. The van der Waals surface area contributed by atoms with Crippen molar-refractivity contribution in [1.82, 2.24) is 4.98 Å². The van der Waals surface area contributed by atoms with Crippen molar-refractivity contribution >= 4 is 28.9 Å². The molecule has 0 radical (unpaired) electrons. The van der Waals surface area contributed by atoms with E-state index >= 15 is 0 Å². The second-order valence-electron chi connectivity index (χ2n) is 5.18. The molecule has 0 amide bonds. The lowest BCUT2D eigenvalue weighted by molar-refractivity contribution is 0.0600. The fraction of sp³-hybridized carbons (Fsp3) is 0.105. The van der Waals surface area contributed by atoms with Crippen LogP contribution < -0.4 is 0 Å². The van der Waals surface area contributed by atoms with Crippen LogP contribution in [0.2, 0.25) is 0 Å². The van der Waals surface area contributed by atoms with Crippen molar-refractivity contribution in [2.75, 3.05) is 7.11 Å². The Balaban J connectivity index is 1.83. The molecule has 0 aliphatic carbocycles. The number of carbonyl (C=O) groups excluding carboxylic acids is 1. The van der Waals surface area contributed by atoms with Crippen molar-refractivity contribution < 1.29 is 9.53 Å². The Morgan fingerprint density at radius 1 is 1.09 bits per heavy atom. The highest BCUT2D eigenvalue weighted by atomic mass is 16.5. The highest BCUT2D eigenvalue weighted by Crippen LogP contribution is 2.20. The number of aliphatic imine (C=N–C) groups is 1. The molecule has 1 heterocycles. The maximum Gasteiger partial charge on any atom is 0.337 e. The Morgan fingerprint density at radius 2 is 1.87 bits per heavy atom. The normalized spacial score (nSPS) is 11.0. The highest BCUT2D eigenvalue weighted by Gasteiger charge is 2.03. The number of methoxy groups -OCH3 is 1. The number of rotatable bonds is 3. The van der Waals surface area contributed by atoms with E-state index in [1.54, 1.807) is 18.3 Å². The van der Waals surface area contributed by atoms with E-state index in [-0.39, 0.29) is 5.97 Å². The largest absolute Gasteiger partial charge is 0.465 e. The SMILES string of the molecule is COC(=O)c1ccc(C=Nc2ccc3c(C)cccc3n2)cc1. The average Bonchev–Trinajstić information content (AvgIpc) is 2.60. The molecule has 3 rings (SSSR count). The molecule has 2 aromatic carbocycles. The van der Waals surface area contributed by atoms with Gasteiger partial charge in [-0.25, -0.2) is 14.8 Å². The van der Waals surface area contributed by atoms with Gasteiger partial charge in [-0.2, -0.15) is 0 Å². The smallest absolute Gasteiger partial charge is 0.337 e. The predicted octanol–water partition coefficient (Wildman–Crippen LogP) is 4.08. The van der Waals surface area contributed by atoms with Gasteiger partial charge in [-0.1, -0.05) is 24.3 Å². The van der Waals surface area contributed by atoms with Crippen LogP contribution in [0.4, 0.5) is 5.82 Å². The monoisotopic (exact) mass is 304 g/mol. The Hall–Kier alpha value is -3.01. The van der Waals surface area contributed by atoms with Crippen LogP contribution in [0.3, 0.4) is 0 Å². The molecular weight excluding hydrogens is 288 g/mol. The summed E-state index contributed by atoms with van der Waals surface area (Å²) in [5, 5.41) is 1.13. The zero-order valence-corrected chi connectivity index (χ0v) is 13.0. The van der Waals surface area contributed by atoms with Crippen molar-refractivity contribution in [2.45, 2.75) is 6.92 Å². The number of aryl methyl sites for hydroxylation is 1. The van der Waals surface area contributed by atoms with E-state index in [4.69, 9.17) is 0 Å². The van der Waals surface area contributed by atoms with Gasteiger partial charge in [-0.05, 0) is 48.4 Å². The number of aromatic nitrogens is 1. The summed E-state index contributed by atoms with van der Waals surface area (Å²) in [7, 11) is 1.37. The Bertz CT molecular complexity index is 884. The van der Waals surface area contributed by atoms with E-state index in [0.29, 0.717) is 11.4 Å². The molecular formula is C19H16N2O2. The van der Waals surface area contributed by atoms with E-state index < -0.39 is 0 Å². The first-order chi connectivity index (χ1) is 11.2. The summed E-state index contributed by atoms with van der Waals surface area (Å²) >= 11 is 0. The second-order valence-corrected chi connectivity index (χ2v) is 5.18. The Labute approximate surface area is 134 Å². The molecule has 4 heteroatoms. The van der Waals surface area contributed by atoms with Gasteiger partial charge in [0.25, 0.3) is 0 Å². The maximum absolute atomic E-state index is 11.4. The standard InChI is InChI=1S/C19H16N2O2/c1-13-4-3-5-17-16(13)10-11-18(21-17)20-12-14-6-8-15(9-7-14)19(22)23-2/h3-12H,1-2H3. The van der Waals surface area contributed by atoms with Crippen LogP contribution >= 0.6 is 0 Å². The maximum atomic E-state index is 11.4. The van der Waals surface area contributed by atoms with Crippen LogP contribution in [0.15, 0.2) is 59.6 Å². The van der Waals surface area contributed by atoms with Gasteiger partial charge in [-0.15, -0.1) is 0 Å². The average molecular weight is 304 g/mol. The number of pyridine rings is 1. The third-order valence-corrected chi connectivity index (χ3v) is 3.61. The number of benzene rings is 2. The third-order valence-electron chi connectivity index (χ3n) is 3.61. The van der Waals surface area contributed by atoms with Crippen molar-refractivity contribution in [1.29, 1.82) is 0 Å². The molecule has 0 unspecified atom stereocenters. The molecule has 0 atom stereocenters. The molecule has 4 nitrogen and oxygen atoms in total. The Morgan fingerprint density at radius 3 is 2.61 bits per heavy atom. The first-order valence-corrected chi connectivity index (χ1v) is 7.26. The predicted molar refractivity (Wildman–Crippen MR) is 91.5 cm³/mol. The lowest BCUT2D eigenvalue weighted by Crippen LogP contribution is -2.00. The number of carbonyl (C=O) groups is 1. The zero-order valence-electron chi connectivity index (χ0n) is 13.0. The van der Waals surface area contributed by atoms with Crippen LogP contribution in [-0.2, 0) is 4.74 Å². The van der Waals surface area contributed by atoms with E-state index in [1.165, 1.54) is 12.7 Å². The summed E-state index contributed by atoms with van der Waals surface area (Å²) in [5.41, 5.74) is 3.54. The summed E-state index contributed by atoms with van der Waals surface area (Å²) < 4.78 is 4.67. The van der Waals surface area contributed by atoms with Gasteiger partial charge in [0.1, 0.15) is 0 Å². The van der Waals surface area contributed by atoms with Crippen molar-refractivity contribution in [3.8, 4) is 0 Å². The Kier molecular flexibility index (Phi) is 4.15. The lowest BCUT2D eigenvalue weighted by atomic mass is 10.1. The number of hydrogen-bond acceptors (Lipinski definition) is 4. The molecule has 0 spiro atoms. The topological polar surface area (TPSA) is 51.5 Å². The van der Waals surface area contributed by atoms with Crippen molar-refractivity contribution in [3.63, 3.8) is 0 Å². The van der Waals surface area contributed by atoms with E-state index in [0.717, 1.165) is 16.5 Å². The second kappa shape index (κ2) is 6.40. The highest BCUT2D eigenvalue weighted by molar-refractivity contribution is 5.91. The molecule has 114 valence electrons. The summed E-state index contributed by atoms with van der Waals surface area (Å²) in [6.07, 6.45) is 1.73. The van der Waals surface area contributed by atoms with Crippen molar-refractivity contribution in [2.24, 2.45) is 4.99 Å². The van der Waals surface area contributed by atoms with Gasteiger partial charge in [0.15, 0.2) is 5.82 Å². The van der Waals surface area contributed by atoms with Gasteiger partial charge in [0, 0.05) is 11.6 Å². The van der Waals surface area contributed by atoms with Crippen LogP contribution in [-0.4, -0.2) is 24.3 Å². The molecule has 0 N–H and O–H groups in total. The van der Waals surface area contributed by atoms with Gasteiger partial charge in [0.2, 0.25) is 0 Å². The summed E-state index contributed by atoms with van der Waals surface area (Å²) in [6, 6.07) is 17.0. The molecule has 3 aromatic rings. The van der Waals surface area contributed by atoms with Crippen LogP contribution in [0.5, 0.6) is 0 Å². The van der Waals surface area contributed by atoms with Crippen LogP contribution in [0.1, 0.15) is 21.5 Å². The number of hydrogen-bond donors (Lipinski definition) is 0. The molecule has 0 bridgehead atoms. The molecule has 0 saturated carbocycles. The fourth-order valence-electron chi connectivity index (χ4n) is 2.33. The minimum absolute atomic E-state index is 0.347. The van der Waals surface area contributed by atoms with E-state index in [2.05, 4.69) is 27.7 Å². The summed E-state index contributed by atoms with van der Waals surface area (Å²) in [4.78, 5) is 20.3. The summed E-state index contributed by atoms with van der Waals surface area (Å²) in [6.45, 7) is 2.07. The van der Waals surface area contributed by atoms with Gasteiger partial charge in [-0.3, -0.25) is 0 Å². The summed E-state index contributed by atoms with van der Waals surface area (Å²) in [5.74, 6) is 0.306. The van der Waals surface area contributed by atoms with Gasteiger partial charge >= 0.3 is 5.97 Å². The minimum Gasteiger partial charge on any atom is -0.465 e. The zero-order chi connectivity index (χ0) is 16.2. The third kappa shape index (κ3) is 3.26. The number of fused-ring (bicyclic) bond motifs is 1. The van der Waals surface area contributed by atoms with Crippen LogP contribution in [0, 0.1) is 6.92 Å². The van der Waals surface area contributed by atoms with E-state index in [9.17, 15) is 4.79 Å². The quantitative estimate of drug-likeness (QED) is 0.541. The fourth-order valence-corrected chi connectivity index (χ4v) is 2.33. The molecule has 0 aliphatic rings. The molecule has 0 aliphatic heterocycles. The van der Waals surface area contributed by atoms with Gasteiger partial charge in [0.05, 0.1) is 18.2 Å². The number of ether oxygens (including phenoxy) is 1. The van der Waals surface area contributed by atoms with Crippen molar-refractivity contribution in [3.05, 3.63) is 71.3 Å². The molecule has 0 saturated heterocycles. The first kappa shape index (κ1) is 14.9. The molecule has 1 aromatic heterocycles. The minimum atomic E-state index is -0.347. The number of esters is 1. The number of nitrogens with zero attached hydrogens (tertiary/aromatic N) is 2. The van der Waals surface area contributed by atoms with Crippen LogP contribution in [0.25, 0.3) is 10.9 Å².